The molecule has 1 aromatic carbocycles. The summed E-state index contributed by atoms with van der Waals surface area (Å²) in [4.78, 5) is 10.8. The van der Waals surface area contributed by atoms with Gasteiger partial charge in [0, 0.05) is 6.07 Å². The molecular weight excluding hydrogens is 268 g/mol. The second kappa shape index (κ2) is 8.15. The molecule has 0 atom stereocenters. The van der Waals surface area contributed by atoms with Gasteiger partial charge < -0.3 is 14.9 Å². The van der Waals surface area contributed by atoms with Crippen LogP contribution >= 0.6 is 0 Å². The lowest BCUT2D eigenvalue weighted by atomic mass is 10.1. The average molecular weight is 290 g/mol. The number of allylic oxidation sites excluding steroid dienone is 3. The Morgan fingerprint density at radius 2 is 1.95 bits per heavy atom. The van der Waals surface area contributed by atoms with E-state index in [1.54, 1.807) is 0 Å². The Balaban J connectivity index is 2.50. The summed E-state index contributed by atoms with van der Waals surface area (Å²) in [6.07, 6.45) is 6.18. The minimum absolute atomic E-state index is 0.129. The first kappa shape index (κ1) is 16.8. The quantitative estimate of drug-likeness (QED) is 0.740. The molecule has 114 valence electrons. The molecule has 0 aliphatic carbocycles. The molecule has 0 fully saturated rings. The number of hydrogen-bond acceptors (Lipinski definition) is 3. The van der Waals surface area contributed by atoms with Crippen LogP contribution in [-0.4, -0.2) is 22.8 Å². The number of carboxylic acid groups (broad SMARTS) is 1. The maximum Gasteiger partial charge on any atom is 0.339 e. The SMILES string of the molecule is CC(C)=CCC/C(C)=C/COc1ccc(C(=O)O)c(O)c1. The van der Waals surface area contributed by atoms with Crippen LogP contribution in [0.5, 0.6) is 11.5 Å². The number of carboxylic acids is 1. The maximum absolute atomic E-state index is 10.8. The summed E-state index contributed by atoms with van der Waals surface area (Å²) in [5.74, 6) is -0.996. The third-order valence-electron chi connectivity index (χ3n) is 2.97. The third kappa shape index (κ3) is 6.17. The van der Waals surface area contributed by atoms with Crippen LogP contribution < -0.4 is 4.74 Å². The van der Waals surface area contributed by atoms with Crippen molar-refractivity contribution in [3.63, 3.8) is 0 Å². The Kier molecular flexibility index (Phi) is 6.53. The van der Waals surface area contributed by atoms with Gasteiger partial charge in [-0.25, -0.2) is 4.79 Å². The zero-order valence-electron chi connectivity index (χ0n) is 12.7. The fourth-order valence-electron chi connectivity index (χ4n) is 1.75. The number of aromatic hydroxyl groups is 1. The highest BCUT2D eigenvalue weighted by molar-refractivity contribution is 5.90. The number of carbonyl (C=O) groups is 1. The molecule has 0 heterocycles. The Labute approximate surface area is 125 Å². The molecule has 0 radical (unpaired) electrons. The van der Waals surface area contributed by atoms with Crippen molar-refractivity contribution in [2.45, 2.75) is 33.6 Å². The van der Waals surface area contributed by atoms with Gasteiger partial charge in [-0.2, -0.15) is 0 Å². The minimum atomic E-state index is -1.16. The molecule has 0 spiro atoms. The highest BCUT2D eigenvalue weighted by atomic mass is 16.5. The maximum atomic E-state index is 10.8. The van der Waals surface area contributed by atoms with E-state index in [-0.39, 0.29) is 11.3 Å². The first-order chi connectivity index (χ1) is 9.90. The van der Waals surface area contributed by atoms with Crippen LogP contribution in [0.2, 0.25) is 0 Å². The molecule has 4 nitrogen and oxygen atoms in total. The normalized spacial score (nSPS) is 11.1. The standard InChI is InChI=1S/C17H22O4/c1-12(2)5-4-6-13(3)9-10-21-14-7-8-15(17(19)20)16(18)11-14/h5,7-9,11,18H,4,6,10H2,1-3H3,(H,19,20)/b13-9+. The molecule has 2 N–H and O–H groups in total. The van der Waals surface area contributed by atoms with Crippen molar-refractivity contribution in [3.05, 3.63) is 47.1 Å². The first-order valence-electron chi connectivity index (χ1n) is 6.88. The van der Waals surface area contributed by atoms with E-state index in [1.807, 2.05) is 13.0 Å². The van der Waals surface area contributed by atoms with Crippen LogP contribution in [0, 0.1) is 0 Å². The van der Waals surface area contributed by atoms with Gasteiger partial charge >= 0.3 is 5.97 Å². The molecule has 0 saturated heterocycles. The molecule has 1 aromatic rings. The van der Waals surface area contributed by atoms with Crippen molar-refractivity contribution >= 4 is 5.97 Å². The van der Waals surface area contributed by atoms with Gasteiger partial charge in [-0.05, 0) is 51.8 Å². The Morgan fingerprint density at radius 3 is 2.52 bits per heavy atom. The second-order valence-electron chi connectivity index (χ2n) is 5.17. The zero-order chi connectivity index (χ0) is 15.8. The summed E-state index contributed by atoms with van der Waals surface area (Å²) < 4.78 is 5.47. The summed E-state index contributed by atoms with van der Waals surface area (Å²) in [7, 11) is 0. The van der Waals surface area contributed by atoms with Gasteiger partial charge in [-0.3, -0.25) is 0 Å². The number of phenols is 1. The van der Waals surface area contributed by atoms with Crippen LogP contribution in [0.15, 0.2) is 41.5 Å². The number of benzene rings is 1. The van der Waals surface area contributed by atoms with Crippen molar-refractivity contribution < 1.29 is 19.7 Å². The Bertz CT molecular complexity index is 552. The Hall–Kier alpha value is -2.23. The van der Waals surface area contributed by atoms with Crippen molar-refractivity contribution in [3.8, 4) is 11.5 Å². The van der Waals surface area contributed by atoms with Gasteiger partial charge in [-0.15, -0.1) is 0 Å². The monoisotopic (exact) mass is 290 g/mol. The summed E-state index contributed by atoms with van der Waals surface area (Å²) in [5.41, 5.74) is 2.42. The summed E-state index contributed by atoms with van der Waals surface area (Å²) in [6, 6.07) is 4.18. The van der Waals surface area contributed by atoms with E-state index >= 15 is 0 Å². The van der Waals surface area contributed by atoms with E-state index in [4.69, 9.17) is 9.84 Å². The lowest BCUT2D eigenvalue weighted by molar-refractivity contribution is 0.0693. The topological polar surface area (TPSA) is 66.8 Å². The van der Waals surface area contributed by atoms with E-state index in [1.165, 1.54) is 29.3 Å². The van der Waals surface area contributed by atoms with Gasteiger partial charge in [0.1, 0.15) is 23.7 Å². The summed E-state index contributed by atoms with van der Waals surface area (Å²) in [6.45, 7) is 6.60. The first-order valence-corrected chi connectivity index (χ1v) is 6.88. The van der Waals surface area contributed by atoms with Crippen molar-refractivity contribution in [2.24, 2.45) is 0 Å². The molecule has 0 amide bonds. The molecule has 1 rings (SSSR count). The van der Waals surface area contributed by atoms with Gasteiger partial charge in [0.05, 0.1) is 0 Å². The van der Waals surface area contributed by atoms with E-state index in [2.05, 4.69) is 19.9 Å². The molecule has 21 heavy (non-hydrogen) atoms. The fourth-order valence-corrected chi connectivity index (χ4v) is 1.75. The van der Waals surface area contributed by atoms with Crippen molar-refractivity contribution in [1.82, 2.24) is 0 Å². The molecule has 4 heteroatoms. The number of hydrogen-bond donors (Lipinski definition) is 2. The smallest absolute Gasteiger partial charge is 0.339 e. The molecule has 0 unspecified atom stereocenters. The summed E-state index contributed by atoms with van der Waals surface area (Å²) >= 11 is 0. The largest absolute Gasteiger partial charge is 0.507 e. The van der Waals surface area contributed by atoms with E-state index < -0.39 is 5.97 Å². The molecule has 0 bridgehead atoms. The van der Waals surface area contributed by atoms with E-state index in [0.717, 1.165) is 12.8 Å². The Morgan fingerprint density at radius 1 is 1.24 bits per heavy atom. The highest BCUT2D eigenvalue weighted by Gasteiger charge is 2.09. The third-order valence-corrected chi connectivity index (χ3v) is 2.97. The number of rotatable bonds is 7. The second-order valence-corrected chi connectivity index (χ2v) is 5.17. The average Bonchev–Trinajstić information content (AvgIpc) is 2.37. The van der Waals surface area contributed by atoms with Crippen molar-refractivity contribution in [2.75, 3.05) is 6.61 Å². The van der Waals surface area contributed by atoms with Crippen LogP contribution in [0.3, 0.4) is 0 Å². The van der Waals surface area contributed by atoms with Crippen LogP contribution in [0.1, 0.15) is 44.0 Å². The molecule has 0 aromatic heterocycles. The molecule has 0 aliphatic heterocycles. The van der Waals surface area contributed by atoms with Crippen LogP contribution in [0.4, 0.5) is 0 Å². The zero-order valence-corrected chi connectivity index (χ0v) is 12.7. The van der Waals surface area contributed by atoms with Gasteiger partial charge in [0.25, 0.3) is 0 Å². The van der Waals surface area contributed by atoms with Gasteiger partial charge in [0.2, 0.25) is 0 Å². The molecule has 0 aliphatic rings. The number of ether oxygens (including phenoxy) is 1. The van der Waals surface area contributed by atoms with Crippen molar-refractivity contribution in [1.29, 1.82) is 0 Å². The van der Waals surface area contributed by atoms with Crippen LogP contribution in [-0.2, 0) is 0 Å². The van der Waals surface area contributed by atoms with E-state index in [9.17, 15) is 9.90 Å². The lowest BCUT2D eigenvalue weighted by Crippen LogP contribution is -1.99. The lowest BCUT2D eigenvalue weighted by Gasteiger charge is -2.06. The van der Waals surface area contributed by atoms with Gasteiger partial charge in [0.15, 0.2) is 0 Å². The highest BCUT2D eigenvalue weighted by Crippen LogP contribution is 2.23. The molecular formula is C17H22O4. The summed E-state index contributed by atoms with van der Waals surface area (Å²) in [5, 5.41) is 18.4. The minimum Gasteiger partial charge on any atom is -0.507 e. The molecule has 0 saturated carbocycles. The number of aromatic carboxylic acids is 1. The van der Waals surface area contributed by atoms with Gasteiger partial charge in [-0.1, -0.05) is 17.2 Å². The predicted octanol–water partition coefficient (Wildman–Crippen LogP) is 4.16. The fraction of sp³-hybridized carbons (Fsp3) is 0.353. The predicted molar refractivity (Wildman–Crippen MR) is 83.0 cm³/mol. The van der Waals surface area contributed by atoms with E-state index in [0.29, 0.717) is 12.4 Å². The van der Waals surface area contributed by atoms with Crippen LogP contribution in [0.25, 0.3) is 0 Å².